The third-order valence-electron chi connectivity index (χ3n) is 8.48. The van der Waals surface area contributed by atoms with Crippen LogP contribution in [0.5, 0.6) is 5.75 Å². The fourth-order valence-electron chi connectivity index (χ4n) is 7.75. The molecule has 0 spiro atoms. The van der Waals surface area contributed by atoms with Gasteiger partial charge in [0.05, 0.1) is 11.0 Å². The molecule has 1 saturated heterocycles. The van der Waals surface area contributed by atoms with E-state index in [1.807, 2.05) is 12.1 Å². The quantitative estimate of drug-likeness (QED) is 0.822. The highest BCUT2D eigenvalue weighted by Crippen LogP contribution is 2.68. The largest absolute Gasteiger partial charge is 0.508 e. The monoisotopic (exact) mass is 383 g/mol. The molecule has 4 atom stereocenters. The maximum Gasteiger partial charge on any atom is 0.228 e. The number of nitrogens with zero attached hydrogens (tertiary/aromatic N) is 1. The summed E-state index contributed by atoms with van der Waals surface area (Å²) in [4.78, 5) is 15.8. The van der Waals surface area contributed by atoms with E-state index < -0.39 is 5.60 Å². The summed E-state index contributed by atoms with van der Waals surface area (Å²) in [7, 11) is 0. The van der Waals surface area contributed by atoms with Crippen molar-refractivity contribution in [3.8, 4) is 5.75 Å². The van der Waals surface area contributed by atoms with E-state index in [1.54, 1.807) is 6.07 Å². The van der Waals surface area contributed by atoms with Gasteiger partial charge in [0.25, 0.3) is 0 Å². The molecule has 2 N–H and O–H groups in total. The van der Waals surface area contributed by atoms with E-state index >= 15 is 0 Å². The minimum atomic E-state index is -0.606. The molecule has 1 aromatic rings. The summed E-state index contributed by atoms with van der Waals surface area (Å²) in [5.41, 5.74) is 0.442. The lowest BCUT2D eigenvalue weighted by Gasteiger charge is -2.65. The van der Waals surface area contributed by atoms with Crippen molar-refractivity contribution in [3.05, 3.63) is 29.8 Å². The van der Waals surface area contributed by atoms with Gasteiger partial charge in [-0.3, -0.25) is 4.79 Å². The van der Waals surface area contributed by atoms with E-state index in [4.69, 9.17) is 0 Å². The summed E-state index contributed by atoms with van der Waals surface area (Å²) < 4.78 is 0. The minimum Gasteiger partial charge on any atom is -0.508 e. The minimum absolute atomic E-state index is 0.184. The molecule has 1 heterocycles. The van der Waals surface area contributed by atoms with Gasteiger partial charge in [-0.25, -0.2) is 0 Å². The van der Waals surface area contributed by atoms with Gasteiger partial charge >= 0.3 is 0 Å². The number of benzene rings is 1. The zero-order chi connectivity index (χ0) is 19.6. The summed E-state index contributed by atoms with van der Waals surface area (Å²) in [6, 6.07) is 7.56. The number of aliphatic hydroxyl groups is 1. The summed E-state index contributed by atoms with van der Waals surface area (Å²) in [6.45, 7) is 3.84. The number of carbonyl (C=O) groups is 1. The molecule has 1 aliphatic heterocycles. The lowest BCUT2D eigenvalue weighted by molar-refractivity contribution is -0.210. The molecule has 4 aliphatic carbocycles. The Morgan fingerprint density at radius 3 is 2.61 bits per heavy atom. The predicted octanol–water partition coefficient (Wildman–Crippen LogP) is 4.21. The molecule has 6 rings (SSSR count). The van der Waals surface area contributed by atoms with Gasteiger partial charge < -0.3 is 15.1 Å². The van der Waals surface area contributed by atoms with E-state index in [0.29, 0.717) is 29.9 Å². The van der Waals surface area contributed by atoms with Gasteiger partial charge in [0, 0.05) is 13.1 Å². The number of aromatic hydroxyl groups is 1. The second-order valence-corrected chi connectivity index (χ2v) is 10.5. The number of piperidine rings is 1. The van der Waals surface area contributed by atoms with Gasteiger partial charge in [-0.05, 0) is 86.3 Å². The highest BCUT2D eigenvalue weighted by atomic mass is 16.3. The van der Waals surface area contributed by atoms with Crippen LogP contribution in [-0.4, -0.2) is 39.7 Å². The van der Waals surface area contributed by atoms with Crippen LogP contribution in [-0.2, 0) is 4.79 Å². The van der Waals surface area contributed by atoms with Gasteiger partial charge in [-0.15, -0.1) is 0 Å². The zero-order valence-electron chi connectivity index (χ0n) is 17.0. The SMILES string of the molecule is CCC12CC3CC(O)(C1)CC(C(=O)N1CCC(c4cccc(O)c4)CC1)(C3)C2. The first kappa shape index (κ1) is 18.5. The van der Waals surface area contributed by atoms with Crippen LogP contribution in [0.2, 0.25) is 0 Å². The Labute approximate surface area is 167 Å². The molecule has 5 aliphatic rings. The van der Waals surface area contributed by atoms with Crippen molar-refractivity contribution < 1.29 is 15.0 Å². The van der Waals surface area contributed by atoms with Crippen LogP contribution in [0.1, 0.15) is 76.2 Å². The van der Waals surface area contributed by atoms with Crippen molar-refractivity contribution >= 4 is 5.91 Å². The first-order valence-electron chi connectivity index (χ1n) is 11.2. The molecule has 152 valence electrons. The van der Waals surface area contributed by atoms with Crippen molar-refractivity contribution in [1.82, 2.24) is 4.90 Å². The first-order chi connectivity index (χ1) is 13.3. The number of hydrogen-bond donors (Lipinski definition) is 2. The Kier molecular flexibility index (Phi) is 4.11. The fraction of sp³-hybridized carbons (Fsp3) is 0.708. The van der Waals surface area contributed by atoms with E-state index in [1.165, 1.54) is 12.0 Å². The average molecular weight is 384 g/mol. The Hall–Kier alpha value is -1.55. The molecule has 4 nitrogen and oxygen atoms in total. The number of likely N-dealkylation sites (tertiary alicyclic amines) is 1. The predicted molar refractivity (Wildman–Crippen MR) is 108 cm³/mol. The second kappa shape index (κ2) is 6.22. The molecule has 0 aromatic heterocycles. The Morgan fingerprint density at radius 2 is 1.93 bits per heavy atom. The molecule has 1 amide bonds. The van der Waals surface area contributed by atoms with Crippen molar-refractivity contribution in [2.75, 3.05) is 13.1 Å². The molecule has 0 radical (unpaired) electrons. The third-order valence-corrected chi connectivity index (χ3v) is 8.48. The molecule has 28 heavy (non-hydrogen) atoms. The second-order valence-electron chi connectivity index (χ2n) is 10.5. The van der Waals surface area contributed by atoms with Crippen LogP contribution in [0.4, 0.5) is 0 Å². The van der Waals surface area contributed by atoms with Crippen molar-refractivity contribution in [3.63, 3.8) is 0 Å². The highest BCUT2D eigenvalue weighted by molar-refractivity contribution is 5.83. The smallest absolute Gasteiger partial charge is 0.228 e. The van der Waals surface area contributed by atoms with Crippen LogP contribution in [0.3, 0.4) is 0 Å². The third kappa shape index (κ3) is 2.87. The number of carbonyl (C=O) groups excluding carboxylic acids is 1. The molecule has 5 fully saturated rings. The number of hydrogen-bond acceptors (Lipinski definition) is 3. The molecule has 4 unspecified atom stereocenters. The molecule has 4 saturated carbocycles. The van der Waals surface area contributed by atoms with Crippen molar-refractivity contribution in [2.24, 2.45) is 16.7 Å². The molecular formula is C24H33NO3. The van der Waals surface area contributed by atoms with Gasteiger partial charge in [0.2, 0.25) is 5.91 Å². The van der Waals surface area contributed by atoms with Crippen molar-refractivity contribution in [2.45, 2.75) is 76.2 Å². The Balaban J connectivity index is 1.32. The number of phenols is 1. The molecule has 4 heteroatoms. The Bertz CT molecular complexity index is 786. The molecular weight excluding hydrogens is 350 g/mol. The van der Waals surface area contributed by atoms with Gasteiger partial charge in [0.15, 0.2) is 0 Å². The maximum absolute atomic E-state index is 13.7. The number of rotatable bonds is 3. The molecule has 4 bridgehead atoms. The first-order valence-corrected chi connectivity index (χ1v) is 11.2. The van der Waals surface area contributed by atoms with Crippen LogP contribution in [0.15, 0.2) is 24.3 Å². The van der Waals surface area contributed by atoms with Gasteiger partial charge in [0.1, 0.15) is 5.75 Å². The van der Waals surface area contributed by atoms with Crippen LogP contribution >= 0.6 is 0 Å². The standard InChI is InChI=1S/C24H33NO3/c1-2-22-11-17-12-23(14-22,16-24(28,13-17)15-22)21(27)25-8-6-18(7-9-25)19-4-3-5-20(26)10-19/h3-5,10,17-18,26,28H,2,6-9,11-16H2,1H3. The lowest BCUT2D eigenvalue weighted by Crippen LogP contribution is -2.64. The summed E-state index contributed by atoms with van der Waals surface area (Å²) >= 11 is 0. The average Bonchev–Trinajstić information content (AvgIpc) is 2.66. The van der Waals surface area contributed by atoms with Gasteiger partial charge in [-0.1, -0.05) is 25.5 Å². The van der Waals surface area contributed by atoms with E-state index in [2.05, 4.69) is 17.9 Å². The van der Waals surface area contributed by atoms with Crippen LogP contribution in [0, 0.1) is 16.7 Å². The highest BCUT2D eigenvalue weighted by Gasteiger charge is 2.65. The Morgan fingerprint density at radius 1 is 1.14 bits per heavy atom. The van der Waals surface area contributed by atoms with Crippen LogP contribution < -0.4 is 0 Å². The normalized spacial score (nSPS) is 40.1. The van der Waals surface area contributed by atoms with E-state index in [0.717, 1.165) is 58.0 Å². The summed E-state index contributed by atoms with van der Waals surface area (Å²) in [5.74, 6) is 1.58. The topological polar surface area (TPSA) is 60.8 Å². The summed E-state index contributed by atoms with van der Waals surface area (Å²) in [6.07, 6.45) is 8.67. The van der Waals surface area contributed by atoms with Crippen molar-refractivity contribution in [1.29, 1.82) is 0 Å². The summed E-state index contributed by atoms with van der Waals surface area (Å²) in [5, 5.41) is 21.0. The lowest BCUT2D eigenvalue weighted by atomic mass is 9.42. The number of phenolic OH excluding ortho intramolecular Hbond substituents is 1. The maximum atomic E-state index is 13.7. The van der Waals surface area contributed by atoms with Gasteiger partial charge in [-0.2, -0.15) is 0 Å². The molecule has 1 aromatic carbocycles. The fourth-order valence-corrected chi connectivity index (χ4v) is 7.75. The van der Waals surface area contributed by atoms with E-state index in [-0.39, 0.29) is 10.8 Å². The van der Waals surface area contributed by atoms with Crippen LogP contribution in [0.25, 0.3) is 0 Å². The zero-order valence-corrected chi connectivity index (χ0v) is 17.0. The van der Waals surface area contributed by atoms with E-state index in [9.17, 15) is 15.0 Å². The number of amides is 1.